The van der Waals surface area contributed by atoms with Crippen molar-refractivity contribution in [2.75, 3.05) is 32.7 Å². The van der Waals surface area contributed by atoms with Crippen LogP contribution in [0.3, 0.4) is 0 Å². The molecule has 0 saturated carbocycles. The van der Waals surface area contributed by atoms with Crippen LogP contribution in [0.2, 0.25) is 0 Å². The molecule has 1 heterocycles. The molecule has 8 heteroatoms. The van der Waals surface area contributed by atoms with Gasteiger partial charge in [-0.3, -0.25) is 9.69 Å². The highest BCUT2D eigenvalue weighted by Crippen LogP contribution is 2.09. The monoisotopic (exact) mass is 343 g/mol. The number of halogens is 1. The summed E-state index contributed by atoms with van der Waals surface area (Å²) in [5.74, 6) is -0.473. The van der Waals surface area contributed by atoms with E-state index in [2.05, 4.69) is 4.72 Å². The lowest BCUT2D eigenvalue weighted by Gasteiger charge is -2.33. The first-order valence-electron chi connectivity index (χ1n) is 7.56. The van der Waals surface area contributed by atoms with Gasteiger partial charge in [-0.15, -0.1) is 0 Å². The fraction of sp³-hybridized carbons (Fsp3) is 0.533. The number of ketones is 1. The zero-order valence-corrected chi connectivity index (χ0v) is 14.1. The summed E-state index contributed by atoms with van der Waals surface area (Å²) in [6, 6.07) is 5.29. The molecule has 0 spiro atoms. The Morgan fingerprint density at radius 1 is 1.17 bits per heavy atom. The van der Waals surface area contributed by atoms with Crippen molar-refractivity contribution in [3.05, 3.63) is 35.6 Å². The molecule has 0 aliphatic carbocycles. The molecule has 1 aromatic rings. The van der Waals surface area contributed by atoms with Crippen LogP contribution in [-0.4, -0.2) is 62.2 Å². The topological polar surface area (TPSA) is 69.7 Å². The summed E-state index contributed by atoms with van der Waals surface area (Å²) in [6.45, 7) is 5.43. The van der Waals surface area contributed by atoms with Crippen LogP contribution in [-0.2, 0) is 10.2 Å². The number of nitrogens with zero attached hydrogens (tertiary/aromatic N) is 2. The lowest BCUT2D eigenvalue weighted by Crippen LogP contribution is -2.53. The molecule has 0 bridgehead atoms. The van der Waals surface area contributed by atoms with Crippen molar-refractivity contribution >= 4 is 16.0 Å². The first-order valence-corrected chi connectivity index (χ1v) is 9.00. The maximum atomic E-state index is 12.9. The number of hydrogen-bond donors (Lipinski definition) is 1. The number of Topliss-reactive ketones (excluding diaryl/α,β-unsaturated/α-hetero) is 1. The number of hydrogen-bond acceptors (Lipinski definition) is 4. The molecule has 6 nitrogen and oxygen atoms in total. The van der Waals surface area contributed by atoms with Crippen molar-refractivity contribution in [1.29, 1.82) is 0 Å². The Morgan fingerprint density at radius 3 is 2.26 bits per heavy atom. The van der Waals surface area contributed by atoms with E-state index < -0.39 is 10.2 Å². The minimum Gasteiger partial charge on any atom is -0.293 e. The molecule has 128 valence electrons. The highest BCUT2D eigenvalue weighted by molar-refractivity contribution is 7.87. The molecule has 23 heavy (non-hydrogen) atoms. The zero-order valence-electron chi connectivity index (χ0n) is 13.3. The molecule has 0 atom stereocenters. The summed E-state index contributed by atoms with van der Waals surface area (Å²) >= 11 is 0. The van der Waals surface area contributed by atoms with E-state index in [1.807, 2.05) is 4.90 Å². The number of benzene rings is 1. The van der Waals surface area contributed by atoms with Crippen LogP contribution in [0.25, 0.3) is 0 Å². The molecule has 2 rings (SSSR count). The van der Waals surface area contributed by atoms with Crippen molar-refractivity contribution in [1.82, 2.24) is 13.9 Å². The lowest BCUT2D eigenvalue weighted by atomic mass is 10.1. The summed E-state index contributed by atoms with van der Waals surface area (Å²) in [4.78, 5) is 14.0. The minimum absolute atomic E-state index is 0.0957. The third-order valence-corrected chi connectivity index (χ3v) is 5.40. The van der Waals surface area contributed by atoms with E-state index in [9.17, 15) is 17.6 Å². The molecule has 1 saturated heterocycles. The molecule has 0 amide bonds. The Balaban J connectivity index is 1.87. The molecule has 1 aliphatic rings. The second kappa shape index (κ2) is 7.48. The van der Waals surface area contributed by atoms with Crippen molar-refractivity contribution in [2.45, 2.75) is 19.9 Å². The molecular weight excluding hydrogens is 321 g/mol. The van der Waals surface area contributed by atoms with Gasteiger partial charge in [0.1, 0.15) is 5.82 Å². The van der Waals surface area contributed by atoms with E-state index in [1.165, 1.54) is 28.6 Å². The first-order chi connectivity index (χ1) is 10.8. The van der Waals surface area contributed by atoms with E-state index in [4.69, 9.17) is 0 Å². The van der Waals surface area contributed by atoms with E-state index in [0.717, 1.165) is 0 Å². The summed E-state index contributed by atoms with van der Waals surface area (Å²) in [5.41, 5.74) is 0.461. The average molecular weight is 343 g/mol. The third-order valence-electron chi connectivity index (χ3n) is 3.59. The highest BCUT2D eigenvalue weighted by Gasteiger charge is 2.28. The van der Waals surface area contributed by atoms with Crippen LogP contribution < -0.4 is 4.72 Å². The summed E-state index contributed by atoms with van der Waals surface area (Å²) in [7, 11) is -3.46. The number of piperazine rings is 1. The van der Waals surface area contributed by atoms with E-state index >= 15 is 0 Å². The number of carbonyl (C=O) groups is 1. The first kappa shape index (κ1) is 18.0. The fourth-order valence-corrected chi connectivity index (χ4v) is 3.82. The Morgan fingerprint density at radius 2 is 1.74 bits per heavy atom. The second-order valence-corrected chi connectivity index (χ2v) is 7.59. The molecule has 0 aromatic heterocycles. The number of rotatable bonds is 6. The van der Waals surface area contributed by atoms with Crippen LogP contribution in [0.1, 0.15) is 24.2 Å². The molecule has 1 aliphatic heterocycles. The predicted molar refractivity (Wildman–Crippen MR) is 85.9 cm³/mol. The Hall–Kier alpha value is -1.35. The lowest BCUT2D eigenvalue weighted by molar-refractivity contribution is 0.0901. The van der Waals surface area contributed by atoms with Crippen LogP contribution in [0.4, 0.5) is 4.39 Å². The Bertz CT molecular complexity index is 638. The van der Waals surface area contributed by atoms with Crippen LogP contribution in [0.5, 0.6) is 0 Å². The van der Waals surface area contributed by atoms with Gasteiger partial charge in [0.25, 0.3) is 10.2 Å². The van der Waals surface area contributed by atoms with E-state index in [1.54, 1.807) is 13.8 Å². The number of nitrogens with one attached hydrogen (secondary N) is 1. The molecule has 0 unspecified atom stereocenters. The van der Waals surface area contributed by atoms with Crippen LogP contribution in [0.15, 0.2) is 24.3 Å². The molecule has 1 N–H and O–H groups in total. The predicted octanol–water partition coefficient (Wildman–Crippen LogP) is 0.869. The van der Waals surface area contributed by atoms with Crippen molar-refractivity contribution in [2.24, 2.45) is 0 Å². The van der Waals surface area contributed by atoms with Gasteiger partial charge in [0.2, 0.25) is 0 Å². The van der Waals surface area contributed by atoms with E-state index in [-0.39, 0.29) is 24.2 Å². The molecular formula is C15H22FN3O3S. The van der Waals surface area contributed by atoms with Crippen molar-refractivity contribution in [3.63, 3.8) is 0 Å². The Labute approximate surface area is 136 Å². The van der Waals surface area contributed by atoms with Gasteiger partial charge in [-0.25, -0.2) is 4.39 Å². The standard InChI is InChI=1S/C15H22FN3O3S/c1-12(2)17-23(21,22)19-9-7-18(8-10-19)11-15(20)13-3-5-14(16)6-4-13/h3-6,12,17H,7-11H2,1-2H3. The third kappa shape index (κ3) is 5.07. The van der Waals surface area contributed by atoms with Crippen LogP contribution >= 0.6 is 0 Å². The average Bonchev–Trinajstić information content (AvgIpc) is 2.47. The van der Waals surface area contributed by atoms with Gasteiger partial charge in [0.15, 0.2) is 5.78 Å². The summed E-state index contributed by atoms with van der Waals surface area (Å²) in [6.07, 6.45) is 0. The molecule has 1 fully saturated rings. The summed E-state index contributed by atoms with van der Waals surface area (Å²) < 4.78 is 41.0. The second-order valence-electron chi connectivity index (χ2n) is 5.88. The van der Waals surface area contributed by atoms with Gasteiger partial charge in [-0.2, -0.15) is 17.4 Å². The minimum atomic E-state index is -3.46. The molecule has 1 aromatic carbocycles. The van der Waals surface area contributed by atoms with Gasteiger partial charge in [-0.1, -0.05) is 0 Å². The maximum Gasteiger partial charge on any atom is 0.279 e. The molecule has 0 radical (unpaired) electrons. The van der Waals surface area contributed by atoms with Crippen LogP contribution in [0, 0.1) is 5.82 Å². The van der Waals surface area contributed by atoms with Gasteiger partial charge >= 0.3 is 0 Å². The summed E-state index contributed by atoms with van der Waals surface area (Å²) in [5, 5.41) is 0. The van der Waals surface area contributed by atoms with Gasteiger partial charge in [0, 0.05) is 37.8 Å². The zero-order chi connectivity index (χ0) is 17.0. The SMILES string of the molecule is CC(C)NS(=O)(=O)N1CCN(CC(=O)c2ccc(F)cc2)CC1. The highest BCUT2D eigenvalue weighted by atomic mass is 32.2. The quantitative estimate of drug-likeness (QED) is 0.778. The van der Waals surface area contributed by atoms with Crippen molar-refractivity contribution in [3.8, 4) is 0 Å². The van der Waals surface area contributed by atoms with Gasteiger partial charge < -0.3 is 0 Å². The Kier molecular flexibility index (Phi) is 5.85. The van der Waals surface area contributed by atoms with Gasteiger partial charge in [-0.05, 0) is 38.1 Å². The largest absolute Gasteiger partial charge is 0.293 e. The maximum absolute atomic E-state index is 12.9. The van der Waals surface area contributed by atoms with Crippen molar-refractivity contribution < 1.29 is 17.6 Å². The smallest absolute Gasteiger partial charge is 0.279 e. The van der Waals surface area contributed by atoms with E-state index in [0.29, 0.717) is 31.7 Å². The number of carbonyl (C=O) groups excluding carboxylic acids is 1. The van der Waals surface area contributed by atoms with Gasteiger partial charge in [0.05, 0.1) is 6.54 Å². The fourth-order valence-electron chi connectivity index (χ4n) is 2.43. The normalized spacial score (nSPS) is 17.6.